The Bertz CT molecular complexity index is 510. The molecule has 0 aliphatic heterocycles. The molecule has 6 heteroatoms. The normalized spacial score (nSPS) is 13.0. The summed E-state index contributed by atoms with van der Waals surface area (Å²) in [4.78, 5) is 18.7. The molecule has 0 aromatic carbocycles. The Balaban J connectivity index is 2.43. The molecule has 1 unspecified atom stereocenters. The van der Waals surface area contributed by atoms with E-state index in [1.54, 1.807) is 0 Å². The van der Waals surface area contributed by atoms with Gasteiger partial charge in [0.1, 0.15) is 0 Å². The van der Waals surface area contributed by atoms with E-state index in [0.29, 0.717) is 19.1 Å². The summed E-state index contributed by atoms with van der Waals surface area (Å²) in [6.45, 7) is 12.0. The second kappa shape index (κ2) is 10.3. The molecule has 0 bridgehead atoms. The summed E-state index contributed by atoms with van der Waals surface area (Å²) in [6, 6.07) is 4.64. The predicted octanol–water partition coefficient (Wildman–Crippen LogP) is 2.31. The SMILES string of the molecule is CCNC(=NCCNC(=O)C(C)C)NC(C)Cc1ccc(C)s1. The van der Waals surface area contributed by atoms with Crippen molar-refractivity contribution in [2.75, 3.05) is 19.6 Å². The third-order valence-electron chi connectivity index (χ3n) is 3.24. The van der Waals surface area contributed by atoms with Crippen LogP contribution in [0, 0.1) is 12.8 Å². The first kappa shape index (κ1) is 19.5. The molecule has 130 valence electrons. The summed E-state index contributed by atoms with van der Waals surface area (Å²) in [5.41, 5.74) is 0. The van der Waals surface area contributed by atoms with Gasteiger partial charge in [-0.3, -0.25) is 9.79 Å². The van der Waals surface area contributed by atoms with Gasteiger partial charge in [0.25, 0.3) is 0 Å². The molecule has 1 atom stereocenters. The second-order valence-corrected chi connectivity index (χ2v) is 7.34. The highest BCUT2D eigenvalue weighted by molar-refractivity contribution is 7.11. The number of nitrogens with one attached hydrogen (secondary N) is 3. The van der Waals surface area contributed by atoms with Crippen LogP contribution in [-0.4, -0.2) is 37.5 Å². The van der Waals surface area contributed by atoms with Crippen LogP contribution in [0.3, 0.4) is 0 Å². The first-order valence-electron chi connectivity index (χ1n) is 8.30. The second-order valence-electron chi connectivity index (χ2n) is 5.97. The quantitative estimate of drug-likeness (QED) is 0.387. The molecule has 1 aromatic rings. The summed E-state index contributed by atoms with van der Waals surface area (Å²) in [7, 11) is 0. The lowest BCUT2D eigenvalue weighted by Gasteiger charge is -2.17. The standard InChI is InChI=1S/C17H30N4OS/c1-6-18-17(20-10-9-19-16(22)12(2)3)21-13(4)11-15-8-7-14(5)23-15/h7-8,12-13H,6,9-11H2,1-5H3,(H,19,22)(H2,18,20,21). The van der Waals surface area contributed by atoms with E-state index in [-0.39, 0.29) is 11.8 Å². The van der Waals surface area contributed by atoms with E-state index in [1.807, 2.05) is 32.1 Å². The zero-order valence-corrected chi connectivity index (χ0v) is 15.7. The molecular formula is C17H30N4OS. The van der Waals surface area contributed by atoms with Gasteiger partial charge in [0.2, 0.25) is 5.91 Å². The Hall–Kier alpha value is -1.56. The van der Waals surface area contributed by atoms with E-state index in [4.69, 9.17) is 0 Å². The van der Waals surface area contributed by atoms with E-state index in [9.17, 15) is 4.79 Å². The fourth-order valence-electron chi connectivity index (χ4n) is 2.05. The van der Waals surface area contributed by atoms with Crippen molar-refractivity contribution in [3.63, 3.8) is 0 Å². The van der Waals surface area contributed by atoms with Crippen molar-refractivity contribution in [2.45, 2.75) is 47.1 Å². The third-order valence-corrected chi connectivity index (χ3v) is 4.26. The smallest absolute Gasteiger partial charge is 0.222 e. The van der Waals surface area contributed by atoms with Crippen molar-refractivity contribution in [2.24, 2.45) is 10.9 Å². The first-order chi connectivity index (χ1) is 10.9. The number of hydrogen-bond acceptors (Lipinski definition) is 3. The Morgan fingerprint density at radius 2 is 2.00 bits per heavy atom. The molecule has 5 nitrogen and oxygen atoms in total. The molecule has 1 heterocycles. The topological polar surface area (TPSA) is 65.5 Å². The van der Waals surface area contributed by atoms with Gasteiger partial charge >= 0.3 is 0 Å². The van der Waals surface area contributed by atoms with Crippen LogP contribution in [-0.2, 0) is 11.2 Å². The number of thiophene rings is 1. The largest absolute Gasteiger partial charge is 0.357 e. The summed E-state index contributed by atoms with van der Waals surface area (Å²) >= 11 is 1.84. The summed E-state index contributed by atoms with van der Waals surface area (Å²) < 4.78 is 0. The molecule has 0 radical (unpaired) electrons. The summed E-state index contributed by atoms with van der Waals surface area (Å²) in [5, 5.41) is 9.54. The molecule has 1 rings (SSSR count). The fraction of sp³-hybridized carbons (Fsp3) is 0.647. The van der Waals surface area contributed by atoms with E-state index >= 15 is 0 Å². The number of amides is 1. The average molecular weight is 339 g/mol. The minimum Gasteiger partial charge on any atom is -0.357 e. The van der Waals surface area contributed by atoms with E-state index in [2.05, 4.69) is 46.9 Å². The van der Waals surface area contributed by atoms with Crippen molar-refractivity contribution < 1.29 is 4.79 Å². The zero-order chi connectivity index (χ0) is 17.2. The molecule has 0 spiro atoms. The molecule has 0 saturated carbocycles. The lowest BCUT2D eigenvalue weighted by Crippen LogP contribution is -2.43. The molecule has 1 aromatic heterocycles. The molecule has 0 fully saturated rings. The monoisotopic (exact) mass is 338 g/mol. The summed E-state index contributed by atoms with van der Waals surface area (Å²) in [5.74, 6) is 0.881. The Morgan fingerprint density at radius 3 is 2.57 bits per heavy atom. The number of carbonyl (C=O) groups is 1. The molecule has 0 saturated heterocycles. The van der Waals surface area contributed by atoms with E-state index in [1.165, 1.54) is 9.75 Å². The molecule has 23 heavy (non-hydrogen) atoms. The van der Waals surface area contributed by atoms with Crippen LogP contribution >= 0.6 is 11.3 Å². The maximum Gasteiger partial charge on any atom is 0.222 e. The van der Waals surface area contributed by atoms with Gasteiger partial charge in [0.15, 0.2) is 5.96 Å². The minimum absolute atomic E-state index is 0.0135. The Labute approximate surface area is 144 Å². The van der Waals surface area contributed by atoms with Gasteiger partial charge in [-0.05, 0) is 32.9 Å². The molecule has 1 amide bonds. The van der Waals surface area contributed by atoms with Gasteiger partial charge in [-0.1, -0.05) is 13.8 Å². The van der Waals surface area contributed by atoms with Crippen molar-refractivity contribution in [3.8, 4) is 0 Å². The molecule has 3 N–H and O–H groups in total. The number of hydrogen-bond donors (Lipinski definition) is 3. The average Bonchev–Trinajstić information content (AvgIpc) is 2.88. The van der Waals surface area contributed by atoms with Gasteiger partial charge in [0.05, 0.1) is 6.54 Å². The van der Waals surface area contributed by atoms with Crippen LogP contribution in [0.2, 0.25) is 0 Å². The van der Waals surface area contributed by atoms with Gasteiger partial charge in [-0.25, -0.2) is 0 Å². The number of nitrogens with zero attached hydrogens (tertiary/aromatic N) is 1. The first-order valence-corrected chi connectivity index (χ1v) is 9.11. The summed E-state index contributed by atoms with van der Waals surface area (Å²) in [6.07, 6.45) is 0.979. The molecule has 0 aliphatic rings. The Kier molecular flexibility index (Phi) is 8.69. The lowest BCUT2D eigenvalue weighted by atomic mass is 10.2. The zero-order valence-electron chi connectivity index (χ0n) is 14.9. The lowest BCUT2D eigenvalue weighted by molar-refractivity contribution is -0.123. The molecular weight excluding hydrogens is 308 g/mol. The highest BCUT2D eigenvalue weighted by Gasteiger charge is 2.08. The van der Waals surface area contributed by atoms with Crippen LogP contribution < -0.4 is 16.0 Å². The van der Waals surface area contributed by atoms with Crippen molar-refractivity contribution >= 4 is 23.2 Å². The number of aryl methyl sites for hydroxylation is 1. The van der Waals surface area contributed by atoms with Gasteiger partial charge in [-0.2, -0.15) is 0 Å². The predicted molar refractivity (Wildman–Crippen MR) is 99.2 cm³/mol. The number of carbonyl (C=O) groups excluding carboxylic acids is 1. The maximum atomic E-state index is 11.5. The number of rotatable bonds is 8. The van der Waals surface area contributed by atoms with E-state index < -0.39 is 0 Å². The van der Waals surface area contributed by atoms with Crippen molar-refractivity contribution in [3.05, 3.63) is 21.9 Å². The highest BCUT2D eigenvalue weighted by Crippen LogP contribution is 2.16. The minimum atomic E-state index is 0.0135. The van der Waals surface area contributed by atoms with Crippen LogP contribution in [0.1, 0.15) is 37.4 Å². The van der Waals surface area contributed by atoms with Crippen LogP contribution in [0.5, 0.6) is 0 Å². The van der Waals surface area contributed by atoms with E-state index in [0.717, 1.165) is 18.9 Å². The maximum absolute atomic E-state index is 11.5. The van der Waals surface area contributed by atoms with Crippen molar-refractivity contribution in [1.29, 1.82) is 0 Å². The third kappa shape index (κ3) is 8.02. The van der Waals surface area contributed by atoms with Gasteiger partial charge in [-0.15, -0.1) is 11.3 Å². The van der Waals surface area contributed by atoms with Crippen LogP contribution in [0.15, 0.2) is 17.1 Å². The highest BCUT2D eigenvalue weighted by atomic mass is 32.1. The molecule has 0 aliphatic carbocycles. The Morgan fingerprint density at radius 1 is 1.26 bits per heavy atom. The fourth-order valence-corrected chi connectivity index (χ4v) is 3.07. The van der Waals surface area contributed by atoms with Gasteiger partial charge < -0.3 is 16.0 Å². The van der Waals surface area contributed by atoms with Crippen molar-refractivity contribution in [1.82, 2.24) is 16.0 Å². The van der Waals surface area contributed by atoms with Crippen LogP contribution in [0.25, 0.3) is 0 Å². The number of aliphatic imine (C=N–C) groups is 1. The van der Waals surface area contributed by atoms with Crippen LogP contribution in [0.4, 0.5) is 0 Å². The van der Waals surface area contributed by atoms with Gasteiger partial charge in [0, 0.05) is 41.2 Å². The number of guanidine groups is 1.